The smallest absolute Gasteiger partial charge is 0.410 e. The van der Waals surface area contributed by atoms with Crippen LogP contribution in [0, 0.1) is 17.5 Å². The van der Waals surface area contributed by atoms with Gasteiger partial charge in [0.05, 0.1) is 68.1 Å². The fourth-order valence-electron chi connectivity index (χ4n) is 9.77. The second kappa shape index (κ2) is 35.2. The molecule has 0 saturated carbocycles. The number of carbonyl (C=O) groups is 2. The maximum Gasteiger partial charge on any atom is 0.410 e. The van der Waals surface area contributed by atoms with Crippen LogP contribution in [0.1, 0.15) is 146 Å². The van der Waals surface area contributed by atoms with Gasteiger partial charge in [-0.25, -0.2) is 36.8 Å². The predicted molar refractivity (Wildman–Crippen MR) is 341 cm³/mol. The summed E-state index contributed by atoms with van der Waals surface area (Å²) in [5.41, 5.74) is 2.23. The lowest BCUT2D eigenvalue weighted by atomic mass is 10.1. The Kier molecular flexibility index (Phi) is 28.6. The molecule has 6 aromatic rings. The standard InChI is InChI=1S/2C23H31ClFN3O4.C19H24ClFN2O2.ClH/c2*1-23(2,3)32-22(29)27(4)13-18-12-21(28(26-18)14-19-7-5-6-10-30-19)31-15-16-11-17(24)8-9-20(16)25;1-2-5-16-11-19(23(22-16)12-17-6-3-4-9-24-17)25-13-14-10-15(20)7-8-18(14)21;/h2*8-9,11-12,19H,5-7,10,13-15H2,1-4H3;7-8,10-11,17H,2-6,9,12-13H2,1H3;1H. The highest BCUT2D eigenvalue weighted by molar-refractivity contribution is 6.31. The van der Waals surface area contributed by atoms with Gasteiger partial charge in [0.25, 0.3) is 0 Å². The van der Waals surface area contributed by atoms with Gasteiger partial charge >= 0.3 is 12.2 Å². The number of benzene rings is 3. The van der Waals surface area contributed by atoms with E-state index in [0.717, 1.165) is 89.7 Å². The first-order valence-electron chi connectivity index (χ1n) is 30.5. The van der Waals surface area contributed by atoms with E-state index in [4.69, 9.17) is 72.7 Å². The molecule has 496 valence electrons. The van der Waals surface area contributed by atoms with E-state index < -0.39 is 23.4 Å². The Hall–Kier alpha value is -5.94. The summed E-state index contributed by atoms with van der Waals surface area (Å²) in [4.78, 5) is 27.5. The minimum Gasteiger partial charge on any atom is -0.473 e. The third-order valence-corrected chi connectivity index (χ3v) is 14.9. The molecular formula is C65H87Cl4F3N8O10. The second-order valence-corrected chi connectivity index (χ2v) is 25.7. The summed E-state index contributed by atoms with van der Waals surface area (Å²) in [6.07, 6.45) is 10.8. The van der Waals surface area contributed by atoms with E-state index in [0.29, 0.717) is 80.4 Å². The molecule has 0 N–H and O–H groups in total. The number of hydrogen-bond donors (Lipinski definition) is 0. The molecule has 3 aromatic heterocycles. The van der Waals surface area contributed by atoms with E-state index in [9.17, 15) is 22.8 Å². The van der Waals surface area contributed by atoms with Crippen molar-refractivity contribution in [3.63, 3.8) is 0 Å². The molecule has 3 aromatic carbocycles. The largest absolute Gasteiger partial charge is 0.473 e. The zero-order valence-electron chi connectivity index (χ0n) is 53.1. The number of halogens is 7. The molecule has 3 saturated heterocycles. The average Bonchev–Trinajstić information content (AvgIpc) is 2.96. The third kappa shape index (κ3) is 24.3. The van der Waals surface area contributed by atoms with Crippen LogP contribution in [0.5, 0.6) is 17.6 Å². The van der Waals surface area contributed by atoms with Gasteiger partial charge in [0.15, 0.2) is 0 Å². The van der Waals surface area contributed by atoms with Crippen LogP contribution in [-0.4, -0.2) is 115 Å². The van der Waals surface area contributed by atoms with Crippen molar-refractivity contribution in [3.05, 3.63) is 139 Å². The number of ether oxygens (including phenoxy) is 8. The van der Waals surface area contributed by atoms with Crippen molar-refractivity contribution in [1.82, 2.24) is 39.1 Å². The summed E-state index contributed by atoms with van der Waals surface area (Å²) >= 11 is 17.9. The number of hydrogen-bond acceptors (Lipinski definition) is 13. The topological polar surface area (TPSA) is 168 Å². The van der Waals surface area contributed by atoms with Crippen LogP contribution in [-0.2, 0) is 82.6 Å². The summed E-state index contributed by atoms with van der Waals surface area (Å²) in [6.45, 7) is 17.6. The molecule has 2 amide bonds. The molecule has 9 rings (SSSR count). The minimum absolute atomic E-state index is 0. The monoisotopic (exact) mass is 1340 g/mol. The van der Waals surface area contributed by atoms with Gasteiger partial charge in [-0.1, -0.05) is 48.1 Å². The quantitative estimate of drug-likeness (QED) is 0.0668. The molecular weight excluding hydrogens is 1250 g/mol. The number of aromatic nitrogens is 6. The molecule has 3 aliphatic rings. The molecule has 0 radical (unpaired) electrons. The van der Waals surface area contributed by atoms with Gasteiger partial charge in [-0.15, -0.1) is 12.4 Å². The highest BCUT2D eigenvalue weighted by Crippen LogP contribution is 2.28. The highest BCUT2D eigenvalue weighted by Gasteiger charge is 2.26. The van der Waals surface area contributed by atoms with Crippen LogP contribution in [0.2, 0.25) is 15.1 Å². The van der Waals surface area contributed by atoms with Gasteiger partial charge in [0.1, 0.15) is 48.5 Å². The van der Waals surface area contributed by atoms with Crippen LogP contribution in [0.4, 0.5) is 22.8 Å². The second-order valence-electron chi connectivity index (χ2n) is 24.4. The number of amides is 2. The predicted octanol–water partition coefficient (Wildman–Crippen LogP) is 15.6. The molecule has 25 heteroatoms. The van der Waals surface area contributed by atoms with Gasteiger partial charge < -0.3 is 47.7 Å². The zero-order chi connectivity index (χ0) is 64.3. The van der Waals surface area contributed by atoms with E-state index in [-0.39, 0.29) is 81.1 Å². The molecule has 0 bridgehead atoms. The van der Waals surface area contributed by atoms with Gasteiger partial charge in [-0.3, -0.25) is 0 Å². The molecule has 6 heterocycles. The summed E-state index contributed by atoms with van der Waals surface area (Å²) in [6, 6.07) is 18.6. The van der Waals surface area contributed by atoms with Crippen LogP contribution >= 0.6 is 47.2 Å². The summed E-state index contributed by atoms with van der Waals surface area (Å²) in [5.74, 6) is 0.510. The molecule has 0 aliphatic carbocycles. The van der Waals surface area contributed by atoms with Crippen molar-refractivity contribution < 1.29 is 60.7 Å². The Bertz CT molecular complexity index is 3060. The van der Waals surface area contributed by atoms with E-state index >= 15 is 0 Å². The van der Waals surface area contributed by atoms with E-state index in [1.807, 2.05) is 52.3 Å². The van der Waals surface area contributed by atoms with Crippen molar-refractivity contribution in [2.24, 2.45) is 0 Å². The van der Waals surface area contributed by atoms with Crippen molar-refractivity contribution in [3.8, 4) is 17.6 Å². The molecule has 3 aliphatic heterocycles. The van der Waals surface area contributed by atoms with Crippen LogP contribution in [0.25, 0.3) is 0 Å². The molecule has 0 spiro atoms. The third-order valence-electron chi connectivity index (χ3n) is 14.2. The van der Waals surface area contributed by atoms with E-state index in [2.05, 4.69) is 22.2 Å². The molecule has 18 nitrogen and oxygen atoms in total. The fourth-order valence-corrected chi connectivity index (χ4v) is 10.4. The van der Waals surface area contributed by atoms with Crippen molar-refractivity contribution in [1.29, 1.82) is 0 Å². The normalized spacial score (nSPS) is 16.7. The first-order valence-corrected chi connectivity index (χ1v) is 31.6. The van der Waals surface area contributed by atoms with E-state index in [1.54, 1.807) is 53.8 Å². The van der Waals surface area contributed by atoms with Crippen LogP contribution < -0.4 is 14.2 Å². The van der Waals surface area contributed by atoms with Crippen molar-refractivity contribution >= 4 is 59.4 Å². The Morgan fingerprint density at radius 1 is 0.522 bits per heavy atom. The van der Waals surface area contributed by atoms with Crippen molar-refractivity contribution in [2.75, 3.05) is 33.9 Å². The Morgan fingerprint density at radius 3 is 1.12 bits per heavy atom. The summed E-state index contributed by atoms with van der Waals surface area (Å²) in [5, 5.41) is 15.2. The first kappa shape index (κ1) is 73.1. The first-order chi connectivity index (χ1) is 42.4. The molecule has 3 fully saturated rings. The van der Waals surface area contributed by atoms with E-state index in [1.165, 1.54) is 52.6 Å². The number of nitrogens with zero attached hydrogens (tertiary/aromatic N) is 8. The average molecular weight is 1340 g/mol. The SMILES string of the molecule is CCCc1cc(OCc2cc(Cl)ccc2F)n(CC2CCCCO2)n1.CN(Cc1cc(OCc2cc(Cl)ccc2F)n(CC2CCCCO2)n1)C(=O)OC(C)(C)C.CN(Cc1cc(OCc2cc(Cl)ccc2F)n(CC2CCCCO2)n1)C(=O)OC(C)(C)C.Cl. The lowest BCUT2D eigenvalue weighted by Crippen LogP contribution is -2.34. The van der Waals surface area contributed by atoms with Crippen LogP contribution in [0.15, 0.2) is 72.8 Å². The number of rotatable bonds is 21. The van der Waals surface area contributed by atoms with Gasteiger partial charge in [0, 0.05) is 83.9 Å². The molecule has 3 unspecified atom stereocenters. The number of carbonyl (C=O) groups excluding carboxylic acids is 2. The van der Waals surface area contributed by atoms with Crippen LogP contribution in [0.3, 0.4) is 0 Å². The minimum atomic E-state index is -0.585. The number of aryl methyl sites for hydroxylation is 1. The zero-order valence-corrected chi connectivity index (χ0v) is 56.1. The Morgan fingerprint density at radius 2 is 0.833 bits per heavy atom. The maximum absolute atomic E-state index is 14.1. The van der Waals surface area contributed by atoms with Crippen molar-refractivity contribution in [2.45, 2.75) is 201 Å². The summed E-state index contributed by atoms with van der Waals surface area (Å²) in [7, 11) is 3.30. The lowest BCUT2D eigenvalue weighted by Gasteiger charge is -2.24. The fraction of sp³-hybridized carbons (Fsp3) is 0.554. The summed E-state index contributed by atoms with van der Waals surface area (Å²) < 4.78 is 93.4. The Labute approximate surface area is 548 Å². The highest BCUT2D eigenvalue weighted by atomic mass is 35.5. The lowest BCUT2D eigenvalue weighted by molar-refractivity contribution is 0.00210. The molecule has 90 heavy (non-hydrogen) atoms. The van der Waals surface area contributed by atoms with Gasteiger partial charge in [0.2, 0.25) is 17.6 Å². The van der Waals surface area contributed by atoms with Gasteiger partial charge in [-0.05, 0) is 160 Å². The maximum atomic E-state index is 14.1. The van der Waals surface area contributed by atoms with Gasteiger partial charge in [-0.2, -0.15) is 15.3 Å². The molecule has 3 atom stereocenters. The Balaban J connectivity index is 0.000000215.